The lowest BCUT2D eigenvalue weighted by Crippen LogP contribution is -2.28. The normalized spacial score (nSPS) is 13.2. The van der Waals surface area contributed by atoms with E-state index in [2.05, 4.69) is 5.32 Å². The molecule has 0 aliphatic carbocycles. The standard InChI is InChI=1S/C12H15NO2/c1-9(8-14)13-7-11-6-10-4-2-3-5-12(10)15-11/h2-6,9,13-14H,7-8H2,1H3/t9-/m1/s1. The highest BCUT2D eigenvalue weighted by molar-refractivity contribution is 5.77. The lowest BCUT2D eigenvalue weighted by atomic mass is 10.2. The van der Waals surface area contributed by atoms with Crippen molar-refractivity contribution in [2.75, 3.05) is 6.61 Å². The summed E-state index contributed by atoms with van der Waals surface area (Å²) in [6.45, 7) is 2.72. The molecule has 0 bridgehead atoms. The molecule has 0 amide bonds. The van der Waals surface area contributed by atoms with Crippen LogP contribution in [0.1, 0.15) is 12.7 Å². The Morgan fingerprint density at radius 1 is 1.40 bits per heavy atom. The minimum absolute atomic E-state index is 0.0956. The maximum atomic E-state index is 8.86. The Morgan fingerprint density at radius 2 is 2.20 bits per heavy atom. The van der Waals surface area contributed by atoms with Crippen LogP contribution in [0, 0.1) is 0 Å². The average molecular weight is 205 g/mol. The van der Waals surface area contributed by atoms with E-state index in [1.165, 1.54) is 0 Å². The number of rotatable bonds is 4. The maximum Gasteiger partial charge on any atom is 0.134 e. The Kier molecular flexibility index (Phi) is 3.04. The van der Waals surface area contributed by atoms with Gasteiger partial charge in [0.15, 0.2) is 0 Å². The zero-order valence-electron chi connectivity index (χ0n) is 8.73. The number of furan rings is 1. The van der Waals surface area contributed by atoms with Crippen LogP contribution in [0.15, 0.2) is 34.7 Å². The molecule has 0 aliphatic rings. The Balaban J connectivity index is 2.09. The third kappa shape index (κ3) is 2.37. The molecule has 3 heteroatoms. The second kappa shape index (κ2) is 4.47. The zero-order valence-corrected chi connectivity index (χ0v) is 8.73. The summed E-state index contributed by atoms with van der Waals surface area (Å²) in [5.74, 6) is 0.900. The van der Waals surface area contributed by atoms with Gasteiger partial charge in [-0.25, -0.2) is 0 Å². The van der Waals surface area contributed by atoms with Crippen molar-refractivity contribution in [2.45, 2.75) is 19.5 Å². The first kappa shape index (κ1) is 10.2. The van der Waals surface area contributed by atoms with Gasteiger partial charge in [-0.15, -0.1) is 0 Å². The van der Waals surface area contributed by atoms with Crippen LogP contribution in [-0.4, -0.2) is 17.8 Å². The van der Waals surface area contributed by atoms with Crippen molar-refractivity contribution in [1.82, 2.24) is 5.32 Å². The quantitative estimate of drug-likeness (QED) is 0.801. The van der Waals surface area contributed by atoms with Crippen LogP contribution in [0.3, 0.4) is 0 Å². The number of hydrogen-bond acceptors (Lipinski definition) is 3. The summed E-state index contributed by atoms with van der Waals surface area (Å²) in [5.41, 5.74) is 0.908. The van der Waals surface area contributed by atoms with E-state index in [9.17, 15) is 0 Å². The summed E-state index contributed by atoms with van der Waals surface area (Å²) in [5, 5.41) is 13.1. The van der Waals surface area contributed by atoms with Crippen molar-refractivity contribution >= 4 is 11.0 Å². The van der Waals surface area contributed by atoms with Gasteiger partial charge in [0, 0.05) is 11.4 Å². The first-order valence-electron chi connectivity index (χ1n) is 5.11. The molecule has 2 aromatic rings. The lowest BCUT2D eigenvalue weighted by Gasteiger charge is -2.07. The van der Waals surface area contributed by atoms with Crippen molar-refractivity contribution in [3.63, 3.8) is 0 Å². The number of aliphatic hydroxyl groups excluding tert-OH is 1. The molecular formula is C12H15NO2. The largest absolute Gasteiger partial charge is 0.460 e. The van der Waals surface area contributed by atoms with Gasteiger partial charge in [0.2, 0.25) is 0 Å². The molecule has 15 heavy (non-hydrogen) atoms. The van der Waals surface area contributed by atoms with Gasteiger partial charge in [-0.05, 0) is 19.1 Å². The molecule has 0 saturated heterocycles. The van der Waals surface area contributed by atoms with E-state index >= 15 is 0 Å². The van der Waals surface area contributed by atoms with E-state index in [1.807, 2.05) is 37.3 Å². The van der Waals surface area contributed by atoms with Crippen molar-refractivity contribution in [3.05, 3.63) is 36.1 Å². The molecule has 0 unspecified atom stereocenters. The fourth-order valence-corrected chi connectivity index (χ4v) is 1.46. The average Bonchev–Trinajstić information content (AvgIpc) is 2.68. The summed E-state index contributed by atoms with van der Waals surface area (Å²) >= 11 is 0. The molecule has 0 fully saturated rings. The van der Waals surface area contributed by atoms with Crippen LogP contribution >= 0.6 is 0 Å². The smallest absolute Gasteiger partial charge is 0.134 e. The number of nitrogens with one attached hydrogen (secondary N) is 1. The topological polar surface area (TPSA) is 45.4 Å². The second-order valence-electron chi connectivity index (χ2n) is 3.72. The zero-order chi connectivity index (χ0) is 10.7. The molecule has 1 aromatic carbocycles. The van der Waals surface area contributed by atoms with Crippen LogP contribution in [0.4, 0.5) is 0 Å². The van der Waals surface area contributed by atoms with Crippen LogP contribution < -0.4 is 5.32 Å². The number of benzene rings is 1. The Morgan fingerprint density at radius 3 is 2.93 bits per heavy atom. The SMILES string of the molecule is C[C@H](CO)NCc1cc2ccccc2o1. The van der Waals surface area contributed by atoms with Crippen LogP contribution in [-0.2, 0) is 6.54 Å². The number of hydrogen-bond donors (Lipinski definition) is 2. The van der Waals surface area contributed by atoms with Gasteiger partial charge in [-0.2, -0.15) is 0 Å². The highest BCUT2D eigenvalue weighted by Gasteiger charge is 2.04. The first-order chi connectivity index (χ1) is 7.29. The molecule has 2 N–H and O–H groups in total. The summed E-state index contributed by atoms with van der Waals surface area (Å²) < 4.78 is 5.62. The van der Waals surface area contributed by atoms with Crippen LogP contribution in [0.25, 0.3) is 11.0 Å². The van der Waals surface area contributed by atoms with Crippen molar-refractivity contribution in [2.24, 2.45) is 0 Å². The molecule has 1 aromatic heterocycles. The highest BCUT2D eigenvalue weighted by Crippen LogP contribution is 2.18. The fourth-order valence-electron chi connectivity index (χ4n) is 1.46. The summed E-state index contributed by atoms with van der Waals surface area (Å²) in [4.78, 5) is 0. The summed E-state index contributed by atoms with van der Waals surface area (Å²) in [6, 6.07) is 10.0. The Labute approximate surface area is 88.7 Å². The van der Waals surface area contributed by atoms with Gasteiger partial charge >= 0.3 is 0 Å². The predicted molar refractivity (Wildman–Crippen MR) is 59.6 cm³/mol. The number of fused-ring (bicyclic) bond motifs is 1. The molecule has 1 atom stereocenters. The molecular weight excluding hydrogens is 190 g/mol. The third-order valence-electron chi connectivity index (χ3n) is 2.38. The van der Waals surface area contributed by atoms with Gasteiger partial charge in [-0.3, -0.25) is 0 Å². The van der Waals surface area contributed by atoms with Gasteiger partial charge < -0.3 is 14.8 Å². The molecule has 0 radical (unpaired) electrons. The Bertz CT molecular complexity index is 403. The maximum absolute atomic E-state index is 8.86. The first-order valence-corrected chi connectivity index (χ1v) is 5.11. The van der Waals surface area contributed by atoms with Crippen molar-refractivity contribution in [1.29, 1.82) is 0 Å². The van der Waals surface area contributed by atoms with Gasteiger partial charge in [0.05, 0.1) is 13.2 Å². The minimum atomic E-state index is 0.0956. The molecule has 1 heterocycles. The molecule has 0 spiro atoms. The summed E-state index contributed by atoms with van der Waals surface area (Å²) in [6.07, 6.45) is 0. The monoisotopic (exact) mass is 205 g/mol. The predicted octanol–water partition coefficient (Wildman–Crippen LogP) is 1.90. The molecule has 0 aliphatic heterocycles. The second-order valence-corrected chi connectivity index (χ2v) is 3.72. The van der Waals surface area contributed by atoms with E-state index in [4.69, 9.17) is 9.52 Å². The van der Waals surface area contributed by atoms with E-state index in [-0.39, 0.29) is 12.6 Å². The van der Waals surface area contributed by atoms with Crippen LogP contribution in [0.5, 0.6) is 0 Å². The van der Waals surface area contributed by atoms with Gasteiger partial charge in [-0.1, -0.05) is 18.2 Å². The molecule has 80 valence electrons. The lowest BCUT2D eigenvalue weighted by molar-refractivity contribution is 0.248. The highest BCUT2D eigenvalue weighted by atomic mass is 16.3. The fraction of sp³-hybridized carbons (Fsp3) is 0.333. The Hall–Kier alpha value is -1.32. The number of aliphatic hydroxyl groups is 1. The molecule has 0 saturated carbocycles. The van der Waals surface area contributed by atoms with Crippen molar-refractivity contribution < 1.29 is 9.52 Å². The van der Waals surface area contributed by atoms with Gasteiger partial charge in [0.1, 0.15) is 11.3 Å². The third-order valence-corrected chi connectivity index (χ3v) is 2.38. The van der Waals surface area contributed by atoms with E-state index in [0.717, 1.165) is 16.7 Å². The van der Waals surface area contributed by atoms with Crippen molar-refractivity contribution in [3.8, 4) is 0 Å². The minimum Gasteiger partial charge on any atom is -0.460 e. The van der Waals surface area contributed by atoms with E-state index in [0.29, 0.717) is 6.54 Å². The van der Waals surface area contributed by atoms with Gasteiger partial charge in [0.25, 0.3) is 0 Å². The van der Waals surface area contributed by atoms with Crippen LogP contribution in [0.2, 0.25) is 0 Å². The molecule has 2 rings (SSSR count). The van der Waals surface area contributed by atoms with E-state index in [1.54, 1.807) is 0 Å². The molecule has 3 nitrogen and oxygen atoms in total. The summed E-state index contributed by atoms with van der Waals surface area (Å²) in [7, 11) is 0. The number of para-hydroxylation sites is 1. The van der Waals surface area contributed by atoms with E-state index < -0.39 is 0 Å².